The molecular formula is C12H16N2O4. The highest BCUT2D eigenvalue weighted by Gasteiger charge is 2.12. The van der Waals surface area contributed by atoms with Gasteiger partial charge in [-0.15, -0.1) is 0 Å². The molecule has 0 aromatic carbocycles. The van der Waals surface area contributed by atoms with Crippen molar-refractivity contribution >= 4 is 17.6 Å². The number of carboxylic acids is 1. The fourth-order valence-electron chi connectivity index (χ4n) is 1.38. The number of nitrogens with one attached hydrogen (secondary N) is 1. The maximum Gasteiger partial charge on any atom is 0.341 e. The van der Waals surface area contributed by atoms with Gasteiger partial charge in [-0.25, -0.2) is 4.79 Å². The van der Waals surface area contributed by atoms with Gasteiger partial charge in [-0.2, -0.15) is 0 Å². The number of nitrogens with zero attached hydrogens (tertiary/aromatic N) is 1. The Morgan fingerprint density at radius 2 is 2.28 bits per heavy atom. The lowest BCUT2D eigenvalue weighted by Gasteiger charge is -2.10. The molecule has 0 radical (unpaired) electrons. The Hall–Kier alpha value is -2.11. The van der Waals surface area contributed by atoms with E-state index in [1.54, 1.807) is 19.2 Å². The van der Waals surface area contributed by atoms with E-state index in [-0.39, 0.29) is 6.42 Å². The Balaban J connectivity index is 2.59. The molecule has 1 aromatic rings. The van der Waals surface area contributed by atoms with Gasteiger partial charge in [0, 0.05) is 25.4 Å². The molecule has 0 bridgehead atoms. The highest BCUT2D eigenvalue weighted by molar-refractivity contribution is 5.95. The van der Waals surface area contributed by atoms with Crippen LogP contribution in [0.3, 0.4) is 0 Å². The molecule has 6 nitrogen and oxygen atoms in total. The van der Waals surface area contributed by atoms with Gasteiger partial charge in [-0.05, 0) is 19.4 Å². The minimum Gasteiger partial charge on any atom is -0.481 e. The summed E-state index contributed by atoms with van der Waals surface area (Å²) in [6, 6.07) is 1.66. The highest BCUT2D eigenvalue weighted by atomic mass is 16.5. The van der Waals surface area contributed by atoms with E-state index in [1.165, 1.54) is 6.20 Å². The Kier molecular flexibility index (Phi) is 5.63. The molecule has 0 amide bonds. The van der Waals surface area contributed by atoms with Crippen LogP contribution >= 0.6 is 0 Å². The first-order chi connectivity index (χ1) is 8.65. The molecule has 1 rings (SSSR count). The van der Waals surface area contributed by atoms with Crippen molar-refractivity contribution in [2.45, 2.75) is 19.8 Å². The van der Waals surface area contributed by atoms with E-state index < -0.39 is 11.9 Å². The summed E-state index contributed by atoms with van der Waals surface area (Å²) in [5, 5.41) is 11.5. The molecule has 0 atom stereocenters. The molecule has 6 heteroatoms. The van der Waals surface area contributed by atoms with Gasteiger partial charge in [0.25, 0.3) is 0 Å². The monoisotopic (exact) mass is 252 g/mol. The van der Waals surface area contributed by atoms with Crippen molar-refractivity contribution in [1.82, 2.24) is 4.98 Å². The van der Waals surface area contributed by atoms with Gasteiger partial charge in [-0.3, -0.25) is 9.78 Å². The number of ether oxygens (including phenoxy) is 1. The number of carbonyl (C=O) groups excluding carboxylic acids is 1. The van der Waals surface area contributed by atoms with E-state index in [9.17, 15) is 9.59 Å². The summed E-state index contributed by atoms with van der Waals surface area (Å²) in [5.74, 6) is -1.27. The van der Waals surface area contributed by atoms with Crippen LogP contribution in [-0.2, 0) is 9.53 Å². The van der Waals surface area contributed by atoms with Crippen LogP contribution in [0, 0.1) is 0 Å². The molecule has 0 fully saturated rings. The number of esters is 1. The standard InChI is InChI=1S/C12H16N2O4/c1-2-18-12(17)9-8-13-7-5-10(9)14-6-3-4-11(15)16/h5,7-8H,2-4,6H2,1H3,(H,13,14)(H,15,16). The summed E-state index contributed by atoms with van der Waals surface area (Å²) >= 11 is 0. The van der Waals surface area contributed by atoms with Crippen molar-refractivity contribution in [3.63, 3.8) is 0 Å². The van der Waals surface area contributed by atoms with Crippen LogP contribution in [0.5, 0.6) is 0 Å². The fraction of sp³-hybridized carbons (Fsp3) is 0.417. The second-order valence-corrected chi connectivity index (χ2v) is 3.57. The normalized spacial score (nSPS) is 9.83. The molecule has 0 aliphatic rings. The molecule has 98 valence electrons. The largest absolute Gasteiger partial charge is 0.481 e. The highest BCUT2D eigenvalue weighted by Crippen LogP contribution is 2.14. The second-order valence-electron chi connectivity index (χ2n) is 3.57. The smallest absolute Gasteiger partial charge is 0.341 e. The van der Waals surface area contributed by atoms with Gasteiger partial charge < -0.3 is 15.2 Å². The third kappa shape index (κ3) is 4.40. The van der Waals surface area contributed by atoms with E-state index in [4.69, 9.17) is 9.84 Å². The van der Waals surface area contributed by atoms with Gasteiger partial charge in [0.2, 0.25) is 0 Å². The Labute approximate surface area is 105 Å². The lowest BCUT2D eigenvalue weighted by Crippen LogP contribution is -2.11. The zero-order valence-electron chi connectivity index (χ0n) is 10.2. The Morgan fingerprint density at radius 3 is 2.94 bits per heavy atom. The van der Waals surface area contributed by atoms with Gasteiger partial charge in [0.15, 0.2) is 0 Å². The number of carbonyl (C=O) groups is 2. The molecule has 1 aromatic heterocycles. The number of anilines is 1. The van der Waals surface area contributed by atoms with Crippen molar-refractivity contribution in [2.24, 2.45) is 0 Å². The molecule has 2 N–H and O–H groups in total. The van der Waals surface area contributed by atoms with Gasteiger partial charge in [-0.1, -0.05) is 0 Å². The zero-order valence-corrected chi connectivity index (χ0v) is 10.2. The van der Waals surface area contributed by atoms with Crippen LogP contribution in [0.4, 0.5) is 5.69 Å². The van der Waals surface area contributed by atoms with E-state index >= 15 is 0 Å². The van der Waals surface area contributed by atoms with E-state index in [0.717, 1.165) is 0 Å². The topological polar surface area (TPSA) is 88.5 Å². The maximum absolute atomic E-state index is 11.6. The predicted molar refractivity (Wildman–Crippen MR) is 65.6 cm³/mol. The molecule has 0 aliphatic heterocycles. The SMILES string of the molecule is CCOC(=O)c1cnccc1NCCCC(=O)O. The number of carboxylic acid groups (broad SMARTS) is 1. The average molecular weight is 252 g/mol. The maximum atomic E-state index is 11.6. The van der Waals surface area contributed by atoms with Crippen LogP contribution in [-0.4, -0.2) is 35.2 Å². The number of pyridine rings is 1. The number of aliphatic carboxylic acids is 1. The Morgan fingerprint density at radius 1 is 1.50 bits per heavy atom. The first-order valence-corrected chi connectivity index (χ1v) is 5.72. The first kappa shape index (κ1) is 14.0. The van der Waals surface area contributed by atoms with Crippen molar-refractivity contribution in [3.05, 3.63) is 24.0 Å². The second kappa shape index (κ2) is 7.26. The quantitative estimate of drug-likeness (QED) is 0.565. The molecule has 0 spiro atoms. The molecule has 1 heterocycles. The van der Waals surface area contributed by atoms with Crippen molar-refractivity contribution in [3.8, 4) is 0 Å². The summed E-state index contributed by atoms with van der Waals surface area (Å²) < 4.78 is 4.90. The summed E-state index contributed by atoms with van der Waals surface area (Å²) in [4.78, 5) is 25.8. The minimum atomic E-state index is -0.836. The first-order valence-electron chi connectivity index (χ1n) is 5.72. The Bertz CT molecular complexity index is 420. The predicted octanol–water partition coefficient (Wildman–Crippen LogP) is 1.53. The average Bonchev–Trinajstić information content (AvgIpc) is 2.35. The van der Waals surface area contributed by atoms with Crippen LogP contribution in [0.2, 0.25) is 0 Å². The minimum absolute atomic E-state index is 0.0901. The number of aromatic nitrogens is 1. The number of hydrogen-bond donors (Lipinski definition) is 2. The van der Waals surface area contributed by atoms with Crippen LogP contribution in [0.1, 0.15) is 30.1 Å². The lowest BCUT2D eigenvalue weighted by molar-refractivity contribution is -0.137. The van der Waals surface area contributed by atoms with Gasteiger partial charge in [0.05, 0.1) is 12.3 Å². The van der Waals surface area contributed by atoms with E-state index in [1.807, 2.05) is 0 Å². The van der Waals surface area contributed by atoms with Gasteiger partial charge in [0.1, 0.15) is 5.56 Å². The van der Waals surface area contributed by atoms with Crippen LogP contribution in [0.15, 0.2) is 18.5 Å². The fourth-order valence-corrected chi connectivity index (χ4v) is 1.38. The molecule has 0 unspecified atom stereocenters. The summed E-state index contributed by atoms with van der Waals surface area (Å²) in [6.07, 6.45) is 3.56. The van der Waals surface area contributed by atoms with Crippen LogP contribution < -0.4 is 5.32 Å². The summed E-state index contributed by atoms with van der Waals surface area (Å²) in [7, 11) is 0. The number of hydrogen-bond acceptors (Lipinski definition) is 5. The van der Waals surface area contributed by atoms with E-state index in [0.29, 0.717) is 30.8 Å². The van der Waals surface area contributed by atoms with Crippen LogP contribution in [0.25, 0.3) is 0 Å². The zero-order chi connectivity index (χ0) is 13.4. The molecule has 18 heavy (non-hydrogen) atoms. The molecule has 0 aliphatic carbocycles. The van der Waals surface area contributed by atoms with Crippen molar-refractivity contribution in [1.29, 1.82) is 0 Å². The summed E-state index contributed by atoms with van der Waals surface area (Å²) in [5.41, 5.74) is 0.962. The lowest BCUT2D eigenvalue weighted by atomic mass is 10.2. The third-order valence-electron chi connectivity index (χ3n) is 2.20. The molecule has 0 saturated heterocycles. The van der Waals surface area contributed by atoms with Crippen molar-refractivity contribution in [2.75, 3.05) is 18.5 Å². The summed E-state index contributed by atoms with van der Waals surface area (Å²) in [6.45, 7) is 2.50. The third-order valence-corrected chi connectivity index (χ3v) is 2.20. The number of rotatable bonds is 7. The van der Waals surface area contributed by atoms with Crippen molar-refractivity contribution < 1.29 is 19.4 Å². The molecular weight excluding hydrogens is 236 g/mol. The van der Waals surface area contributed by atoms with Gasteiger partial charge >= 0.3 is 11.9 Å². The van der Waals surface area contributed by atoms with E-state index in [2.05, 4.69) is 10.3 Å². The molecule has 0 saturated carbocycles.